The van der Waals surface area contributed by atoms with Crippen molar-refractivity contribution in [2.45, 2.75) is 32.7 Å². The smallest absolute Gasteiger partial charge is 0.163 e. The Kier molecular flexibility index (Phi) is 6.83. The molecule has 1 aromatic carbocycles. The number of nitrogens with one attached hydrogen (secondary N) is 1. The van der Waals surface area contributed by atoms with Gasteiger partial charge in [-0.05, 0) is 19.0 Å². The van der Waals surface area contributed by atoms with E-state index in [9.17, 15) is 8.78 Å². The zero-order valence-corrected chi connectivity index (χ0v) is 11.0. The summed E-state index contributed by atoms with van der Waals surface area (Å²) in [6.07, 6.45) is 2.03. The lowest BCUT2D eigenvalue weighted by Crippen LogP contribution is -2.26. The highest BCUT2D eigenvalue weighted by molar-refractivity contribution is 5.22. The lowest BCUT2D eigenvalue weighted by Gasteiger charge is -2.19. The summed E-state index contributed by atoms with van der Waals surface area (Å²) in [5, 5.41) is 3.11. The summed E-state index contributed by atoms with van der Waals surface area (Å²) in [5.41, 5.74) is 0.327. The summed E-state index contributed by atoms with van der Waals surface area (Å²) in [6.45, 7) is 5.69. The summed E-state index contributed by atoms with van der Waals surface area (Å²) in [4.78, 5) is 0. The van der Waals surface area contributed by atoms with Gasteiger partial charge in [-0.3, -0.25) is 0 Å². The fourth-order valence-electron chi connectivity index (χ4n) is 1.74. The Balaban J connectivity index is 2.68. The number of halogens is 2. The second-order valence-electron chi connectivity index (χ2n) is 4.18. The van der Waals surface area contributed by atoms with Crippen LogP contribution < -0.4 is 5.32 Å². The number of hydrogen-bond acceptors (Lipinski definition) is 2. The molecule has 0 amide bonds. The van der Waals surface area contributed by atoms with Crippen LogP contribution in [0.25, 0.3) is 0 Å². The van der Waals surface area contributed by atoms with Gasteiger partial charge >= 0.3 is 0 Å². The summed E-state index contributed by atoms with van der Waals surface area (Å²) < 4.78 is 32.3. The molecule has 102 valence electrons. The van der Waals surface area contributed by atoms with Crippen LogP contribution in [0.2, 0.25) is 0 Å². The van der Waals surface area contributed by atoms with E-state index in [4.69, 9.17) is 4.74 Å². The third-order valence-corrected chi connectivity index (χ3v) is 2.73. The van der Waals surface area contributed by atoms with E-state index in [1.165, 1.54) is 6.07 Å². The molecule has 0 saturated heterocycles. The Labute approximate surface area is 107 Å². The maximum Gasteiger partial charge on any atom is 0.163 e. The van der Waals surface area contributed by atoms with Gasteiger partial charge in [-0.2, -0.15) is 0 Å². The number of hydrogen-bond donors (Lipinski definition) is 1. The Morgan fingerprint density at radius 1 is 1.28 bits per heavy atom. The molecule has 2 nitrogen and oxygen atoms in total. The van der Waals surface area contributed by atoms with Crippen LogP contribution in [0, 0.1) is 11.6 Å². The molecule has 1 aromatic rings. The monoisotopic (exact) mass is 257 g/mol. The van der Waals surface area contributed by atoms with Crippen molar-refractivity contribution in [1.29, 1.82) is 0 Å². The minimum Gasteiger partial charge on any atom is -0.379 e. The van der Waals surface area contributed by atoms with Crippen LogP contribution in [-0.4, -0.2) is 19.8 Å². The number of likely N-dealkylation sites (N-methyl/N-ethyl adjacent to an activating group) is 1. The standard InChI is InChI=1S/C14H21F2NO/c1-3-5-9-18-10-13(17-4-2)11-7-6-8-12(15)14(11)16/h6-8,13,17H,3-5,9-10H2,1-2H3. The maximum atomic E-state index is 13.7. The zero-order chi connectivity index (χ0) is 13.4. The minimum atomic E-state index is -0.816. The van der Waals surface area contributed by atoms with Crippen molar-refractivity contribution in [3.05, 3.63) is 35.4 Å². The van der Waals surface area contributed by atoms with Gasteiger partial charge in [0, 0.05) is 12.2 Å². The zero-order valence-electron chi connectivity index (χ0n) is 11.0. The third kappa shape index (κ3) is 4.35. The van der Waals surface area contributed by atoms with E-state index in [0.29, 0.717) is 25.3 Å². The predicted octanol–water partition coefficient (Wildman–Crippen LogP) is 3.43. The van der Waals surface area contributed by atoms with E-state index in [2.05, 4.69) is 12.2 Å². The van der Waals surface area contributed by atoms with E-state index in [0.717, 1.165) is 18.9 Å². The molecule has 0 aliphatic carbocycles. The molecule has 0 aliphatic heterocycles. The molecule has 0 spiro atoms. The van der Waals surface area contributed by atoms with Crippen LogP contribution >= 0.6 is 0 Å². The summed E-state index contributed by atoms with van der Waals surface area (Å²) >= 11 is 0. The number of ether oxygens (including phenoxy) is 1. The highest BCUT2D eigenvalue weighted by Gasteiger charge is 2.17. The average molecular weight is 257 g/mol. The highest BCUT2D eigenvalue weighted by Crippen LogP contribution is 2.19. The SMILES string of the molecule is CCCCOCC(NCC)c1cccc(F)c1F. The van der Waals surface area contributed by atoms with Crippen molar-refractivity contribution in [1.82, 2.24) is 5.32 Å². The molecule has 0 radical (unpaired) electrons. The van der Waals surface area contributed by atoms with E-state index in [-0.39, 0.29) is 6.04 Å². The molecule has 18 heavy (non-hydrogen) atoms. The Hall–Kier alpha value is -1.00. The van der Waals surface area contributed by atoms with Gasteiger partial charge in [0.1, 0.15) is 0 Å². The van der Waals surface area contributed by atoms with Crippen LogP contribution in [0.1, 0.15) is 38.3 Å². The normalized spacial score (nSPS) is 12.7. The second kappa shape index (κ2) is 8.16. The molecule has 1 rings (SSSR count). The first kappa shape index (κ1) is 15.1. The quantitative estimate of drug-likeness (QED) is 0.720. The molecule has 1 N–H and O–H groups in total. The molecule has 0 heterocycles. The Morgan fingerprint density at radius 3 is 2.72 bits per heavy atom. The number of rotatable bonds is 8. The van der Waals surface area contributed by atoms with Crippen LogP contribution in [0.3, 0.4) is 0 Å². The van der Waals surface area contributed by atoms with Gasteiger partial charge in [0.15, 0.2) is 11.6 Å². The molecular weight excluding hydrogens is 236 g/mol. The van der Waals surface area contributed by atoms with Gasteiger partial charge in [0.25, 0.3) is 0 Å². The minimum absolute atomic E-state index is 0.303. The highest BCUT2D eigenvalue weighted by atomic mass is 19.2. The van der Waals surface area contributed by atoms with Crippen molar-refractivity contribution in [2.75, 3.05) is 19.8 Å². The summed E-state index contributed by atoms with van der Waals surface area (Å²) in [6, 6.07) is 3.93. The molecule has 0 saturated carbocycles. The molecule has 0 aliphatic rings. The van der Waals surface area contributed by atoms with Crippen LogP contribution in [0.15, 0.2) is 18.2 Å². The maximum absolute atomic E-state index is 13.7. The average Bonchev–Trinajstić information content (AvgIpc) is 2.37. The molecule has 0 aromatic heterocycles. The fraction of sp³-hybridized carbons (Fsp3) is 0.571. The molecular formula is C14H21F2NO. The lowest BCUT2D eigenvalue weighted by atomic mass is 10.1. The van der Waals surface area contributed by atoms with Crippen molar-refractivity contribution < 1.29 is 13.5 Å². The first-order valence-corrected chi connectivity index (χ1v) is 6.45. The second-order valence-corrected chi connectivity index (χ2v) is 4.18. The lowest BCUT2D eigenvalue weighted by molar-refractivity contribution is 0.108. The third-order valence-electron chi connectivity index (χ3n) is 2.73. The van der Waals surface area contributed by atoms with Crippen molar-refractivity contribution in [3.8, 4) is 0 Å². The molecule has 4 heteroatoms. The van der Waals surface area contributed by atoms with E-state index in [1.54, 1.807) is 6.07 Å². The van der Waals surface area contributed by atoms with Gasteiger partial charge in [0.05, 0.1) is 12.6 Å². The number of benzene rings is 1. The number of unbranched alkanes of at least 4 members (excludes halogenated alkanes) is 1. The first-order valence-electron chi connectivity index (χ1n) is 6.45. The van der Waals surface area contributed by atoms with Gasteiger partial charge in [-0.1, -0.05) is 32.4 Å². The fourth-order valence-corrected chi connectivity index (χ4v) is 1.74. The van der Waals surface area contributed by atoms with Gasteiger partial charge < -0.3 is 10.1 Å². The van der Waals surface area contributed by atoms with Gasteiger partial charge in [0.2, 0.25) is 0 Å². The van der Waals surface area contributed by atoms with Crippen molar-refractivity contribution in [3.63, 3.8) is 0 Å². The first-order chi connectivity index (χ1) is 8.70. The van der Waals surface area contributed by atoms with Crippen LogP contribution in [-0.2, 0) is 4.74 Å². The molecule has 1 atom stereocenters. The predicted molar refractivity (Wildman–Crippen MR) is 68.5 cm³/mol. The van der Waals surface area contributed by atoms with E-state index in [1.807, 2.05) is 6.92 Å². The van der Waals surface area contributed by atoms with E-state index >= 15 is 0 Å². The van der Waals surface area contributed by atoms with E-state index < -0.39 is 11.6 Å². The topological polar surface area (TPSA) is 21.3 Å². The largest absolute Gasteiger partial charge is 0.379 e. The molecule has 0 fully saturated rings. The van der Waals surface area contributed by atoms with Crippen molar-refractivity contribution >= 4 is 0 Å². The summed E-state index contributed by atoms with van der Waals surface area (Å²) in [5.74, 6) is -1.61. The summed E-state index contributed by atoms with van der Waals surface area (Å²) in [7, 11) is 0. The van der Waals surface area contributed by atoms with Crippen LogP contribution in [0.4, 0.5) is 8.78 Å². The van der Waals surface area contributed by atoms with Crippen molar-refractivity contribution in [2.24, 2.45) is 0 Å². The molecule has 1 unspecified atom stereocenters. The van der Waals surface area contributed by atoms with Gasteiger partial charge in [-0.15, -0.1) is 0 Å². The molecule has 0 bridgehead atoms. The Bertz CT molecular complexity index is 358. The van der Waals surface area contributed by atoms with Crippen LogP contribution in [0.5, 0.6) is 0 Å². The Morgan fingerprint density at radius 2 is 2.06 bits per heavy atom. The van der Waals surface area contributed by atoms with Gasteiger partial charge in [-0.25, -0.2) is 8.78 Å².